The Balaban J connectivity index is 1.98. The largest absolute Gasteiger partial charge is 0.495 e. The highest BCUT2D eigenvalue weighted by atomic mass is 35.5. The molecule has 0 spiro atoms. The lowest BCUT2D eigenvalue weighted by Crippen LogP contribution is -2.25. The number of nitrogens with zero attached hydrogens (tertiary/aromatic N) is 5. The molecular weight excluding hydrogens is 461 g/mol. The van der Waals surface area contributed by atoms with E-state index < -0.39 is 5.41 Å². The predicted molar refractivity (Wildman–Crippen MR) is 121 cm³/mol. The summed E-state index contributed by atoms with van der Waals surface area (Å²) in [6.45, 7) is 3.13. The number of methoxy groups -OCH3 is 2. The average Bonchev–Trinajstić information content (AvgIpc) is 3.16. The fraction of sp³-hybridized carbons (Fsp3) is 0.333. The zero-order valence-electron chi connectivity index (χ0n) is 17.0. The molecule has 1 aromatic carbocycles. The summed E-state index contributed by atoms with van der Waals surface area (Å²) in [5, 5.41) is 11.2. The van der Waals surface area contributed by atoms with Crippen molar-refractivity contribution in [2.45, 2.75) is 13.3 Å². The first kappa shape index (κ1) is 21.7. The molecule has 3 aromatic rings. The smallest absolute Gasteiger partial charge is 0.165 e. The molecule has 31 heavy (non-hydrogen) atoms. The van der Waals surface area contributed by atoms with E-state index in [-0.39, 0.29) is 10.0 Å². The molecule has 1 aliphatic rings. The predicted octanol–water partition coefficient (Wildman–Crippen LogP) is 5.41. The molecule has 0 aliphatic carbocycles. The lowest BCUT2D eigenvalue weighted by molar-refractivity contribution is 0.395. The molecule has 7 nitrogen and oxygen atoms in total. The Morgan fingerprint density at radius 2 is 1.77 bits per heavy atom. The summed E-state index contributed by atoms with van der Waals surface area (Å²) in [6, 6.07) is 5.72. The molecule has 0 radical (unpaired) electrons. The molecule has 160 valence electrons. The molecule has 1 unspecified atom stereocenters. The van der Waals surface area contributed by atoms with Gasteiger partial charge in [0.25, 0.3) is 0 Å². The van der Waals surface area contributed by atoms with E-state index in [1.54, 1.807) is 18.3 Å². The van der Waals surface area contributed by atoms with Crippen molar-refractivity contribution in [1.82, 2.24) is 15.0 Å². The summed E-state index contributed by atoms with van der Waals surface area (Å²) in [5.74, 6) is 1.70. The van der Waals surface area contributed by atoms with Gasteiger partial charge in [0, 0.05) is 24.5 Å². The highest BCUT2D eigenvalue weighted by molar-refractivity contribution is 6.41. The van der Waals surface area contributed by atoms with Gasteiger partial charge in [-0.15, -0.1) is 0 Å². The topological polar surface area (TPSA) is 84.2 Å². The van der Waals surface area contributed by atoms with Crippen LogP contribution in [0.4, 0.5) is 5.82 Å². The average molecular weight is 479 g/mol. The van der Waals surface area contributed by atoms with E-state index in [0.717, 1.165) is 11.8 Å². The van der Waals surface area contributed by atoms with Crippen LogP contribution in [0.2, 0.25) is 15.2 Å². The Kier molecular flexibility index (Phi) is 5.73. The van der Waals surface area contributed by atoms with Crippen LogP contribution in [-0.4, -0.2) is 42.3 Å². The van der Waals surface area contributed by atoms with Crippen molar-refractivity contribution in [2.75, 3.05) is 32.2 Å². The molecule has 1 saturated heterocycles. The quantitative estimate of drug-likeness (QED) is 0.464. The van der Waals surface area contributed by atoms with Crippen molar-refractivity contribution in [2.24, 2.45) is 5.41 Å². The standard InChI is InChI=1S/C21H18Cl3N5O2/c1-21(9-25)4-5-29(10-21)20-11-6-15(22)26-8-12(11)27-19(28-20)16-17(23)13(30-2)7-14(31-3)18(16)24/h6-8H,4-5,10H2,1-3H3. The summed E-state index contributed by atoms with van der Waals surface area (Å²) < 4.78 is 10.8. The van der Waals surface area contributed by atoms with Crippen LogP contribution in [0.1, 0.15) is 13.3 Å². The van der Waals surface area contributed by atoms with Crippen LogP contribution in [0.25, 0.3) is 22.3 Å². The number of pyridine rings is 1. The van der Waals surface area contributed by atoms with Gasteiger partial charge in [-0.3, -0.25) is 0 Å². The third-order valence-electron chi connectivity index (χ3n) is 5.37. The minimum Gasteiger partial charge on any atom is -0.495 e. The first-order chi connectivity index (χ1) is 14.8. The van der Waals surface area contributed by atoms with E-state index in [1.807, 2.05) is 11.8 Å². The monoisotopic (exact) mass is 477 g/mol. The second-order valence-electron chi connectivity index (χ2n) is 7.52. The Hall–Kier alpha value is -2.53. The number of benzene rings is 1. The summed E-state index contributed by atoms with van der Waals surface area (Å²) in [5.41, 5.74) is 0.492. The molecule has 1 aliphatic heterocycles. The van der Waals surface area contributed by atoms with E-state index in [2.05, 4.69) is 16.0 Å². The molecule has 0 N–H and O–H groups in total. The molecule has 4 rings (SSSR count). The third-order valence-corrected chi connectivity index (χ3v) is 6.33. The molecule has 0 saturated carbocycles. The maximum Gasteiger partial charge on any atom is 0.165 e. The second kappa shape index (κ2) is 8.19. The van der Waals surface area contributed by atoms with Crippen molar-refractivity contribution in [3.05, 3.63) is 33.5 Å². The van der Waals surface area contributed by atoms with Crippen LogP contribution < -0.4 is 14.4 Å². The number of anilines is 1. The fourth-order valence-electron chi connectivity index (χ4n) is 3.66. The van der Waals surface area contributed by atoms with Crippen LogP contribution in [0.5, 0.6) is 11.5 Å². The first-order valence-corrected chi connectivity index (χ1v) is 10.5. The molecule has 3 heterocycles. The van der Waals surface area contributed by atoms with Gasteiger partial charge in [0.15, 0.2) is 5.82 Å². The van der Waals surface area contributed by atoms with E-state index in [1.165, 1.54) is 14.2 Å². The Morgan fingerprint density at radius 3 is 2.35 bits per heavy atom. The molecule has 2 aromatic heterocycles. The summed E-state index contributed by atoms with van der Waals surface area (Å²) in [4.78, 5) is 15.7. The maximum absolute atomic E-state index is 9.56. The highest BCUT2D eigenvalue weighted by Gasteiger charge is 2.35. The lowest BCUT2D eigenvalue weighted by Gasteiger charge is -2.22. The first-order valence-electron chi connectivity index (χ1n) is 9.40. The number of aromatic nitrogens is 3. The number of nitriles is 1. The van der Waals surface area contributed by atoms with Gasteiger partial charge in [0.1, 0.15) is 22.5 Å². The van der Waals surface area contributed by atoms with Crippen LogP contribution in [0, 0.1) is 16.7 Å². The van der Waals surface area contributed by atoms with Crippen LogP contribution in [-0.2, 0) is 0 Å². The molecule has 10 heteroatoms. The van der Waals surface area contributed by atoms with Gasteiger partial charge < -0.3 is 14.4 Å². The Labute approximate surface area is 194 Å². The second-order valence-corrected chi connectivity index (χ2v) is 8.67. The zero-order chi connectivity index (χ0) is 22.3. The SMILES string of the molecule is COc1cc(OC)c(Cl)c(-c2nc(N3CCC(C)(C#N)C3)c3cc(Cl)ncc3n2)c1Cl. The number of ether oxygens (including phenoxy) is 2. The van der Waals surface area contributed by atoms with Crippen LogP contribution in [0.3, 0.4) is 0 Å². The van der Waals surface area contributed by atoms with Crippen LogP contribution in [0.15, 0.2) is 18.3 Å². The third kappa shape index (κ3) is 3.80. The van der Waals surface area contributed by atoms with Gasteiger partial charge in [0.05, 0.1) is 53.0 Å². The molecule has 0 bridgehead atoms. The number of halogens is 3. The van der Waals surface area contributed by atoms with Gasteiger partial charge in [-0.1, -0.05) is 34.8 Å². The minimum atomic E-state index is -0.470. The maximum atomic E-state index is 9.56. The molecule has 1 fully saturated rings. The fourth-order valence-corrected chi connectivity index (χ4v) is 4.49. The van der Waals surface area contributed by atoms with Gasteiger partial charge in [0.2, 0.25) is 0 Å². The number of hydrogen-bond donors (Lipinski definition) is 0. The zero-order valence-corrected chi connectivity index (χ0v) is 19.3. The number of fused-ring (bicyclic) bond motifs is 1. The van der Waals surface area contributed by atoms with Crippen molar-refractivity contribution in [3.63, 3.8) is 0 Å². The van der Waals surface area contributed by atoms with Gasteiger partial charge in [-0.25, -0.2) is 15.0 Å². The van der Waals surface area contributed by atoms with Crippen molar-refractivity contribution < 1.29 is 9.47 Å². The van der Waals surface area contributed by atoms with E-state index in [4.69, 9.17) is 49.3 Å². The molecule has 1 atom stereocenters. The lowest BCUT2D eigenvalue weighted by atomic mass is 9.92. The molecule has 0 amide bonds. The summed E-state index contributed by atoms with van der Waals surface area (Å²) in [6.07, 6.45) is 2.29. The van der Waals surface area contributed by atoms with Crippen molar-refractivity contribution in [1.29, 1.82) is 5.26 Å². The Morgan fingerprint density at radius 1 is 1.10 bits per heavy atom. The highest BCUT2D eigenvalue weighted by Crippen LogP contribution is 2.46. The van der Waals surface area contributed by atoms with Gasteiger partial charge in [-0.05, 0) is 19.4 Å². The molecular formula is C21H18Cl3N5O2. The van der Waals surface area contributed by atoms with E-state index in [9.17, 15) is 5.26 Å². The Bertz CT molecular complexity index is 1200. The number of rotatable bonds is 4. The normalized spacial score (nSPS) is 18.3. The van der Waals surface area contributed by atoms with Crippen LogP contribution >= 0.6 is 34.8 Å². The summed E-state index contributed by atoms with van der Waals surface area (Å²) in [7, 11) is 3.01. The summed E-state index contributed by atoms with van der Waals surface area (Å²) >= 11 is 19.3. The van der Waals surface area contributed by atoms with Crippen molar-refractivity contribution >= 4 is 51.5 Å². The van der Waals surface area contributed by atoms with E-state index in [0.29, 0.717) is 52.5 Å². The minimum absolute atomic E-state index is 0.267. The number of hydrogen-bond acceptors (Lipinski definition) is 7. The van der Waals surface area contributed by atoms with Gasteiger partial charge in [-0.2, -0.15) is 5.26 Å². The van der Waals surface area contributed by atoms with Crippen molar-refractivity contribution in [3.8, 4) is 29.0 Å². The van der Waals surface area contributed by atoms with Gasteiger partial charge >= 0.3 is 0 Å². The van der Waals surface area contributed by atoms with E-state index >= 15 is 0 Å².